The highest BCUT2D eigenvalue weighted by atomic mass is 16.6. The van der Waals surface area contributed by atoms with E-state index in [2.05, 4.69) is 50.2 Å². The molecule has 0 N–H and O–H groups in total. The predicted octanol–water partition coefficient (Wildman–Crippen LogP) is 3.74. The lowest BCUT2D eigenvalue weighted by atomic mass is 9.86. The van der Waals surface area contributed by atoms with Gasteiger partial charge in [-0.2, -0.15) is 0 Å². The summed E-state index contributed by atoms with van der Waals surface area (Å²) in [6.07, 6.45) is 0. The minimum Gasteiger partial charge on any atom is -0.396 e. The van der Waals surface area contributed by atoms with Crippen LogP contribution in [-0.4, -0.2) is 12.3 Å². The molecule has 0 fully saturated rings. The van der Waals surface area contributed by atoms with Gasteiger partial charge in [-0.05, 0) is 36.5 Å². The van der Waals surface area contributed by atoms with Gasteiger partial charge in [0.25, 0.3) is 0 Å². The molecule has 0 amide bonds. The van der Waals surface area contributed by atoms with E-state index in [1.807, 2.05) is 13.8 Å². The minimum atomic E-state index is 0.169. The molecule has 0 bridgehead atoms. The molecule has 0 aromatic heterocycles. The van der Waals surface area contributed by atoms with Gasteiger partial charge in [-0.25, -0.2) is 0 Å². The average molecular weight is 219 g/mol. The van der Waals surface area contributed by atoms with Crippen LogP contribution in [0.3, 0.4) is 0 Å². The topological polar surface area (TPSA) is 21.6 Å². The smallest absolute Gasteiger partial charge is 0.114 e. The third kappa shape index (κ3) is 3.37. The summed E-state index contributed by atoms with van der Waals surface area (Å²) >= 11 is 0. The Morgan fingerprint density at radius 3 is 2.56 bits per heavy atom. The number of hydrogen-bond donors (Lipinski definition) is 0. The molecular formula is C14H21NO. The normalized spacial score (nSPS) is 12.7. The van der Waals surface area contributed by atoms with Crippen LogP contribution in [0.25, 0.3) is 0 Å². The van der Waals surface area contributed by atoms with E-state index in [4.69, 9.17) is 4.84 Å². The first kappa shape index (κ1) is 12.8. The van der Waals surface area contributed by atoms with Crippen molar-refractivity contribution >= 4 is 5.71 Å². The van der Waals surface area contributed by atoms with Crippen LogP contribution in [0.1, 0.15) is 45.7 Å². The molecule has 0 saturated heterocycles. The number of nitrogens with zero attached hydrogens (tertiary/aromatic N) is 1. The first-order chi connectivity index (χ1) is 7.45. The molecule has 1 rings (SSSR count). The van der Waals surface area contributed by atoms with Crippen LogP contribution >= 0.6 is 0 Å². The number of hydrogen-bond acceptors (Lipinski definition) is 2. The van der Waals surface area contributed by atoms with Crippen LogP contribution < -0.4 is 0 Å². The van der Waals surface area contributed by atoms with Crippen molar-refractivity contribution < 1.29 is 4.84 Å². The lowest BCUT2D eigenvalue weighted by Gasteiger charge is -2.19. The van der Waals surface area contributed by atoms with Crippen molar-refractivity contribution in [2.45, 2.75) is 40.0 Å². The summed E-state index contributed by atoms with van der Waals surface area (Å²) in [4.78, 5) is 5.06. The average Bonchev–Trinajstić information content (AvgIpc) is 2.25. The number of benzene rings is 1. The zero-order valence-corrected chi connectivity index (χ0v) is 10.9. The zero-order valence-electron chi connectivity index (χ0n) is 10.9. The molecule has 88 valence electrons. The van der Waals surface area contributed by atoms with E-state index >= 15 is 0 Å². The van der Waals surface area contributed by atoms with Crippen LogP contribution in [0.4, 0.5) is 0 Å². The first-order valence-corrected chi connectivity index (χ1v) is 5.72. The van der Waals surface area contributed by atoms with Crippen molar-refractivity contribution in [2.24, 2.45) is 5.16 Å². The van der Waals surface area contributed by atoms with Gasteiger partial charge in [0.05, 0.1) is 5.71 Å². The maximum Gasteiger partial charge on any atom is 0.114 e. The monoisotopic (exact) mass is 219 g/mol. The molecular weight excluding hydrogens is 198 g/mol. The standard InChI is InChI=1S/C14H21NO/c1-6-16-15-11(2)12-8-7-9-13(10-12)14(3,4)5/h7-10H,6H2,1-5H3/b15-11+. The molecule has 0 radical (unpaired) electrons. The summed E-state index contributed by atoms with van der Waals surface area (Å²) in [6, 6.07) is 8.46. The zero-order chi connectivity index (χ0) is 12.2. The van der Waals surface area contributed by atoms with Crippen molar-refractivity contribution in [1.29, 1.82) is 0 Å². The van der Waals surface area contributed by atoms with E-state index in [0.717, 1.165) is 11.3 Å². The third-order valence-corrected chi connectivity index (χ3v) is 2.48. The lowest BCUT2D eigenvalue weighted by molar-refractivity contribution is 0.159. The van der Waals surface area contributed by atoms with E-state index in [1.165, 1.54) is 5.56 Å². The molecule has 0 aliphatic rings. The fraction of sp³-hybridized carbons (Fsp3) is 0.500. The van der Waals surface area contributed by atoms with Gasteiger partial charge >= 0.3 is 0 Å². The van der Waals surface area contributed by atoms with Gasteiger partial charge in [-0.1, -0.05) is 44.1 Å². The second-order valence-corrected chi connectivity index (χ2v) is 4.93. The van der Waals surface area contributed by atoms with Gasteiger partial charge in [0.15, 0.2) is 0 Å². The highest BCUT2D eigenvalue weighted by molar-refractivity contribution is 5.98. The van der Waals surface area contributed by atoms with Crippen LogP contribution in [0.5, 0.6) is 0 Å². The molecule has 1 aromatic carbocycles. The maximum absolute atomic E-state index is 5.06. The van der Waals surface area contributed by atoms with Crippen molar-refractivity contribution in [3.63, 3.8) is 0 Å². The fourth-order valence-electron chi connectivity index (χ4n) is 1.42. The third-order valence-electron chi connectivity index (χ3n) is 2.48. The highest BCUT2D eigenvalue weighted by Gasteiger charge is 2.14. The molecule has 0 unspecified atom stereocenters. The molecule has 0 spiro atoms. The highest BCUT2D eigenvalue weighted by Crippen LogP contribution is 2.23. The molecule has 0 atom stereocenters. The molecule has 16 heavy (non-hydrogen) atoms. The Labute approximate surface area is 98.3 Å². The second kappa shape index (κ2) is 5.15. The molecule has 0 aliphatic carbocycles. The molecule has 1 aromatic rings. The van der Waals surface area contributed by atoms with Crippen molar-refractivity contribution in [2.75, 3.05) is 6.61 Å². The summed E-state index contributed by atoms with van der Waals surface area (Å²) in [5, 5.41) is 4.05. The van der Waals surface area contributed by atoms with E-state index in [1.54, 1.807) is 0 Å². The largest absolute Gasteiger partial charge is 0.396 e. The second-order valence-electron chi connectivity index (χ2n) is 4.93. The summed E-state index contributed by atoms with van der Waals surface area (Å²) in [5.74, 6) is 0. The number of rotatable bonds is 3. The molecule has 0 saturated carbocycles. The quantitative estimate of drug-likeness (QED) is 0.560. The van der Waals surface area contributed by atoms with Crippen molar-refractivity contribution in [1.82, 2.24) is 0 Å². The van der Waals surface area contributed by atoms with Crippen LogP contribution in [0, 0.1) is 0 Å². The molecule has 2 nitrogen and oxygen atoms in total. The number of oxime groups is 1. The lowest BCUT2D eigenvalue weighted by Crippen LogP contribution is -2.12. The summed E-state index contributed by atoms with van der Waals surface area (Å²) < 4.78 is 0. The van der Waals surface area contributed by atoms with Crippen LogP contribution in [0.15, 0.2) is 29.4 Å². The molecule has 0 aliphatic heterocycles. The minimum absolute atomic E-state index is 0.169. The van der Waals surface area contributed by atoms with Gasteiger partial charge in [0.1, 0.15) is 6.61 Å². The van der Waals surface area contributed by atoms with Gasteiger partial charge < -0.3 is 4.84 Å². The maximum atomic E-state index is 5.06. The Kier molecular flexibility index (Phi) is 4.11. The van der Waals surface area contributed by atoms with E-state index < -0.39 is 0 Å². The van der Waals surface area contributed by atoms with Crippen LogP contribution in [0.2, 0.25) is 0 Å². The van der Waals surface area contributed by atoms with Gasteiger partial charge in [-0.3, -0.25) is 0 Å². The van der Waals surface area contributed by atoms with E-state index in [-0.39, 0.29) is 5.41 Å². The SMILES string of the molecule is CCO/N=C(\C)c1cccc(C(C)(C)C)c1. The Bertz CT molecular complexity index is 375. The summed E-state index contributed by atoms with van der Waals surface area (Å²) in [6.45, 7) is 11.1. The van der Waals surface area contributed by atoms with Gasteiger partial charge in [0.2, 0.25) is 0 Å². The summed E-state index contributed by atoms with van der Waals surface area (Å²) in [7, 11) is 0. The Morgan fingerprint density at radius 1 is 1.31 bits per heavy atom. The van der Waals surface area contributed by atoms with Crippen molar-refractivity contribution in [3.8, 4) is 0 Å². The van der Waals surface area contributed by atoms with E-state index in [0.29, 0.717) is 6.61 Å². The van der Waals surface area contributed by atoms with Gasteiger partial charge in [0, 0.05) is 0 Å². The Balaban J connectivity index is 2.99. The van der Waals surface area contributed by atoms with Gasteiger partial charge in [-0.15, -0.1) is 0 Å². The Morgan fingerprint density at radius 2 is 2.00 bits per heavy atom. The van der Waals surface area contributed by atoms with Crippen LogP contribution in [-0.2, 0) is 10.3 Å². The molecule has 2 heteroatoms. The van der Waals surface area contributed by atoms with Crippen molar-refractivity contribution in [3.05, 3.63) is 35.4 Å². The first-order valence-electron chi connectivity index (χ1n) is 5.72. The predicted molar refractivity (Wildman–Crippen MR) is 69.0 cm³/mol. The van der Waals surface area contributed by atoms with E-state index in [9.17, 15) is 0 Å². The fourth-order valence-corrected chi connectivity index (χ4v) is 1.42. The molecule has 0 heterocycles. The summed E-state index contributed by atoms with van der Waals surface area (Å²) in [5.41, 5.74) is 3.53. The Hall–Kier alpha value is -1.31.